The van der Waals surface area contributed by atoms with Crippen LogP contribution in [0.1, 0.15) is 25.0 Å². The average molecular weight is 451 g/mol. The molecule has 0 fully saturated rings. The minimum Gasteiger partial charge on any atom is -0.423 e. The van der Waals surface area contributed by atoms with Crippen molar-refractivity contribution >= 4 is 43.7 Å². The van der Waals surface area contributed by atoms with Crippen LogP contribution in [-0.2, 0) is 5.41 Å². The van der Waals surface area contributed by atoms with Gasteiger partial charge in [-0.3, -0.25) is 4.57 Å². The van der Waals surface area contributed by atoms with Crippen molar-refractivity contribution in [3.8, 4) is 17.1 Å². The van der Waals surface area contributed by atoms with E-state index in [4.69, 9.17) is 9.40 Å². The molecule has 1 aliphatic rings. The Kier molecular flexibility index (Phi) is 3.47. The zero-order valence-corrected chi connectivity index (χ0v) is 19.5. The summed E-state index contributed by atoms with van der Waals surface area (Å²) in [5.41, 5.74) is 9.33. The first-order chi connectivity index (χ1) is 17.1. The molecule has 3 heteroatoms. The predicted octanol–water partition coefficient (Wildman–Crippen LogP) is 8.38. The molecule has 0 radical (unpaired) electrons. The molecule has 0 saturated carbocycles. The quantitative estimate of drug-likeness (QED) is 0.251. The molecule has 5 aromatic carbocycles. The highest BCUT2D eigenvalue weighted by Crippen LogP contribution is 2.50. The molecule has 8 rings (SSSR count). The lowest BCUT2D eigenvalue weighted by Crippen LogP contribution is -2.14. The lowest BCUT2D eigenvalue weighted by Gasteiger charge is -2.21. The summed E-state index contributed by atoms with van der Waals surface area (Å²) in [6.07, 6.45) is 0. The van der Waals surface area contributed by atoms with Crippen LogP contribution in [0.2, 0.25) is 0 Å². The van der Waals surface area contributed by atoms with Crippen LogP contribution in [0.25, 0.3) is 60.8 Å². The van der Waals surface area contributed by atoms with Crippen molar-refractivity contribution in [2.45, 2.75) is 19.3 Å². The van der Waals surface area contributed by atoms with Crippen molar-refractivity contribution in [3.63, 3.8) is 0 Å². The van der Waals surface area contributed by atoms with E-state index >= 15 is 0 Å². The van der Waals surface area contributed by atoms with Gasteiger partial charge in [-0.2, -0.15) is 4.98 Å². The molecule has 166 valence electrons. The fourth-order valence-corrected chi connectivity index (χ4v) is 6.15. The highest BCUT2D eigenvalue weighted by molar-refractivity contribution is 6.22. The molecule has 0 unspecified atom stereocenters. The summed E-state index contributed by atoms with van der Waals surface area (Å²) in [7, 11) is 0. The molecule has 0 aliphatic heterocycles. The number of benzene rings is 5. The molecule has 2 heterocycles. The van der Waals surface area contributed by atoms with E-state index in [1.54, 1.807) is 0 Å². The summed E-state index contributed by atoms with van der Waals surface area (Å²) in [5, 5.41) is 4.98. The van der Waals surface area contributed by atoms with E-state index in [1.807, 2.05) is 24.3 Å². The van der Waals surface area contributed by atoms with E-state index in [1.165, 1.54) is 43.8 Å². The molecule has 1 aliphatic carbocycles. The molecule has 0 saturated heterocycles. The molecular weight excluding hydrogens is 428 g/mol. The van der Waals surface area contributed by atoms with Crippen molar-refractivity contribution in [1.82, 2.24) is 9.55 Å². The minimum absolute atomic E-state index is 0.0126. The Morgan fingerprint density at radius 3 is 2.40 bits per heavy atom. The van der Waals surface area contributed by atoms with Crippen LogP contribution in [0.15, 0.2) is 101 Å². The van der Waals surface area contributed by atoms with Crippen LogP contribution < -0.4 is 0 Å². The Labute approximate surface area is 202 Å². The van der Waals surface area contributed by atoms with E-state index in [2.05, 4.69) is 91.2 Å². The second kappa shape index (κ2) is 6.39. The first-order valence-electron chi connectivity index (χ1n) is 12.1. The molecule has 0 spiro atoms. The van der Waals surface area contributed by atoms with Gasteiger partial charge in [0.15, 0.2) is 5.58 Å². The molecule has 7 aromatic rings. The molecule has 0 N–H and O–H groups in total. The number of nitrogens with zero attached hydrogens (tertiary/aromatic N) is 2. The Morgan fingerprint density at radius 2 is 1.49 bits per heavy atom. The number of fused-ring (bicyclic) bond motifs is 9. The summed E-state index contributed by atoms with van der Waals surface area (Å²) in [5.74, 6) is 0. The molecule has 0 bridgehead atoms. The van der Waals surface area contributed by atoms with Gasteiger partial charge in [0.25, 0.3) is 0 Å². The number of hydrogen-bond acceptors (Lipinski definition) is 2. The summed E-state index contributed by atoms with van der Waals surface area (Å²) < 4.78 is 8.40. The zero-order chi connectivity index (χ0) is 23.3. The molecule has 35 heavy (non-hydrogen) atoms. The van der Waals surface area contributed by atoms with Gasteiger partial charge < -0.3 is 4.42 Å². The second-order valence-corrected chi connectivity index (χ2v) is 10.1. The first kappa shape index (κ1) is 19.0. The Bertz CT molecular complexity index is 1950. The zero-order valence-electron chi connectivity index (χ0n) is 19.5. The summed E-state index contributed by atoms with van der Waals surface area (Å²) in [6.45, 7) is 4.67. The van der Waals surface area contributed by atoms with Gasteiger partial charge >= 0.3 is 6.01 Å². The standard InChI is InChI=1S/C32H22N2O/c1-32(2)24-11-5-3-9-20(24)23-18-22-19(17-25(23)32)15-16-28-30(22)21-10-4-7-13-27(21)34(28)31-33-26-12-6-8-14-29(26)35-31/h3-18H,1-2H3. The van der Waals surface area contributed by atoms with Crippen LogP contribution in [0.4, 0.5) is 0 Å². The average Bonchev–Trinajstić information content (AvgIpc) is 3.52. The largest absolute Gasteiger partial charge is 0.423 e. The van der Waals surface area contributed by atoms with E-state index in [0.717, 1.165) is 22.1 Å². The van der Waals surface area contributed by atoms with Gasteiger partial charge in [0.1, 0.15) is 5.52 Å². The minimum atomic E-state index is -0.0126. The smallest absolute Gasteiger partial charge is 0.307 e. The van der Waals surface area contributed by atoms with E-state index in [9.17, 15) is 0 Å². The third-order valence-electron chi connectivity index (χ3n) is 7.83. The van der Waals surface area contributed by atoms with Crippen molar-refractivity contribution < 1.29 is 4.42 Å². The van der Waals surface area contributed by atoms with Gasteiger partial charge in [-0.25, -0.2) is 0 Å². The predicted molar refractivity (Wildman–Crippen MR) is 143 cm³/mol. The number of oxazole rings is 1. The van der Waals surface area contributed by atoms with Gasteiger partial charge in [-0.15, -0.1) is 0 Å². The van der Waals surface area contributed by atoms with Crippen LogP contribution in [-0.4, -0.2) is 9.55 Å². The Hall–Kier alpha value is -4.37. The van der Waals surface area contributed by atoms with Crippen molar-refractivity contribution in [2.24, 2.45) is 0 Å². The van der Waals surface area contributed by atoms with Gasteiger partial charge in [0.05, 0.1) is 11.0 Å². The van der Waals surface area contributed by atoms with Crippen LogP contribution in [0, 0.1) is 0 Å². The Morgan fingerprint density at radius 1 is 0.686 bits per heavy atom. The topological polar surface area (TPSA) is 31.0 Å². The van der Waals surface area contributed by atoms with E-state index in [0.29, 0.717) is 6.01 Å². The second-order valence-electron chi connectivity index (χ2n) is 10.1. The normalized spacial score (nSPS) is 14.2. The maximum absolute atomic E-state index is 6.24. The number of aromatic nitrogens is 2. The Balaban J connectivity index is 1.52. The summed E-state index contributed by atoms with van der Waals surface area (Å²) >= 11 is 0. The fourth-order valence-electron chi connectivity index (χ4n) is 6.15. The fraction of sp³-hybridized carbons (Fsp3) is 0.0938. The summed E-state index contributed by atoms with van der Waals surface area (Å²) in [4.78, 5) is 4.84. The van der Waals surface area contributed by atoms with Crippen molar-refractivity contribution in [2.75, 3.05) is 0 Å². The SMILES string of the molecule is CC1(C)c2ccccc2-c2cc3c(ccc4c3c3ccccc3n4-c3nc4ccccc4o3)cc21. The maximum Gasteiger partial charge on any atom is 0.307 e. The van der Waals surface area contributed by atoms with Crippen molar-refractivity contribution in [3.05, 3.63) is 108 Å². The molecule has 2 aromatic heterocycles. The molecule has 3 nitrogen and oxygen atoms in total. The third-order valence-corrected chi connectivity index (χ3v) is 7.83. The van der Waals surface area contributed by atoms with Crippen LogP contribution in [0.5, 0.6) is 0 Å². The van der Waals surface area contributed by atoms with Crippen LogP contribution in [0.3, 0.4) is 0 Å². The van der Waals surface area contributed by atoms with Gasteiger partial charge in [-0.1, -0.05) is 74.5 Å². The lowest BCUT2D eigenvalue weighted by molar-refractivity contribution is 0.574. The highest BCUT2D eigenvalue weighted by atomic mass is 16.4. The number of hydrogen-bond donors (Lipinski definition) is 0. The number of para-hydroxylation sites is 3. The monoisotopic (exact) mass is 450 g/mol. The van der Waals surface area contributed by atoms with Gasteiger partial charge in [0, 0.05) is 16.2 Å². The molecular formula is C32H22N2O. The maximum atomic E-state index is 6.24. The first-order valence-corrected chi connectivity index (χ1v) is 12.1. The van der Waals surface area contributed by atoms with Crippen LogP contribution >= 0.6 is 0 Å². The van der Waals surface area contributed by atoms with Gasteiger partial charge in [0.2, 0.25) is 0 Å². The third kappa shape index (κ3) is 2.37. The molecule has 0 amide bonds. The van der Waals surface area contributed by atoms with Gasteiger partial charge in [-0.05, 0) is 69.4 Å². The van der Waals surface area contributed by atoms with Crippen molar-refractivity contribution in [1.29, 1.82) is 0 Å². The number of rotatable bonds is 1. The summed E-state index contributed by atoms with van der Waals surface area (Å²) in [6, 6.07) is 35.2. The van der Waals surface area contributed by atoms with E-state index in [-0.39, 0.29) is 5.41 Å². The molecule has 0 atom stereocenters. The van der Waals surface area contributed by atoms with E-state index < -0.39 is 0 Å². The highest BCUT2D eigenvalue weighted by Gasteiger charge is 2.35. The lowest BCUT2D eigenvalue weighted by atomic mass is 9.82.